The summed E-state index contributed by atoms with van der Waals surface area (Å²) < 4.78 is 0. The Bertz CT molecular complexity index is 583. The normalized spacial score (nSPS) is 14.6. The average molecular weight is 316 g/mol. The number of para-hydroxylation sites is 1. The van der Waals surface area contributed by atoms with Crippen LogP contribution in [-0.2, 0) is 6.54 Å². The topological polar surface area (TPSA) is 99.1 Å². The Labute approximate surface area is 141 Å². The van der Waals surface area contributed by atoms with Crippen molar-refractivity contribution in [2.24, 2.45) is 11.5 Å². The van der Waals surface area contributed by atoms with Gasteiger partial charge in [0.15, 0.2) is 0 Å². The average Bonchev–Trinajstić information content (AvgIpc) is 2.62. The van der Waals surface area contributed by atoms with Crippen LogP contribution in [0.2, 0.25) is 0 Å². The molecule has 128 valence electrons. The van der Waals surface area contributed by atoms with Gasteiger partial charge in [0.25, 0.3) is 0 Å². The molecular formula is C19H32N4. The summed E-state index contributed by atoms with van der Waals surface area (Å²) in [6.45, 7) is 8.75. The van der Waals surface area contributed by atoms with Gasteiger partial charge in [-0.3, -0.25) is 0 Å². The summed E-state index contributed by atoms with van der Waals surface area (Å²) >= 11 is 0. The molecule has 2 aromatic rings. The molecule has 0 amide bonds. The predicted molar refractivity (Wildman–Crippen MR) is 105 cm³/mol. The van der Waals surface area contributed by atoms with Gasteiger partial charge < -0.3 is 22.9 Å². The molecule has 8 N–H and O–H groups in total. The Morgan fingerprint density at radius 3 is 1.91 bits per heavy atom. The van der Waals surface area contributed by atoms with Crippen LogP contribution in [0, 0.1) is 0 Å². The fourth-order valence-electron chi connectivity index (χ4n) is 2.29. The zero-order valence-corrected chi connectivity index (χ0v) is 14.7. The maximum Gasteiger partial charge on any atom is 0.0648 e. The van der Waals surface area contributed by atoms with Crippen LogP contribution in [0.5, 0.6) is 0 Å². The van der Waals surface area contributed by atoms with Crippen molar-refractivity contribution in [3.8, 4) is 0 Å². The number of rotatable bonds is 0. The Hall–Kier alpha value is -2.46. The predicted octanol–water partition coefficient (Wildman–Crippen LogP) is 4.82. The molecule has 0 saturated heterocycles. The van der Waals surface area contributed by atoms with Crippen LogP contribution in [0.4, 0.5) is 5.69 Å². The van der Waals surface area contributed by atoms with E-state index in [9.17, 15) is 0 Å². The smallest absolute Gasteiger partial charge is 0.0648 e. The van der Waals surface area contributed by atoms with E-state index in [1.165, 1.54) is 0 Å². The van der Waals surface area contributed by atoms with Crippen LogP contribution in [0.15, 0.2) is 48.5 Å². The largest absolute Gasteiger partial charge is 0.397 e. The highest BCUT2D eigenvalue weighted by atomic mass is 14.9. The summed E-state index contributed by atoms with van der Waals surface area (Å²) in [5.74, 6) is 0. The maximum atomic E-state index is 6.20. The number of benzene rings is 2. The highest BCUT2D eigenvalue weighted by Gasteiger charge is 2.15. The minimum Gasteiger partial charge on any atom is -0.397 e. The lowest BCUT2D eigenvalue weighted by Gasteiger charge is -2.20. The number of hydrogen-bond acceptors (Lipinski definition) is 4. The van der Waals surface area contributed by atoms with Crippen molar-refractivity contribution in [3.05, 3.63) is 65.2 Å². The number of anilines is 1. The van der Waals surface area contributed by atoms with E-state index < -0.39 is 0 Å². The lowest BCUT2D eigenvalue weighted by Crippen LogP contribution is -2.15. The Morgan fingerprint density at radius 1 is 0.783 bits per heavy atom. The quantitative estimate of drug-likeness (QED) is 0.560. The van der Waals surface area contributed by atoms with Crippen molar-refractivity contribution in [1.29, 1.82) is 0 Å². The van der Waals surface area contributed by atoms with E-state index in [1.807, 2.05) is 70.2 Å². The number of nitrogens with two attached hydrogens (primary N) is 2. The Balaban J connectivity index is 0. The van der Waals surface area contributed by atoms with Crippen molar-refractivity contribution < 1.29 is 1.43 Å². The van der Waals surface area contributed by atoms with Crippen molar-refractivity contribution in [2.45, 2.75) is 34.2 Å². The third kappa shape index (κ3) is 4.50. The molecule has 0 bridgehead atoms. The molecule has 0 unspecified atom stereocenters. The van der Waals surface area contributed by atoms with Crippen LogP contribution >= 0.6 is 0 Å². The zero-order chi connectivity index (χ0) is 16.5. The Morgan fingerprint density at radius 2 is 1.26 bits per heavy atom. The number of hydrogen-bond donors (Lipinski definition) is 4. The van der Waals surface area contributed by atoms with Gasteiger partial charge in [0, 0.05) is 24.8 Å². The van der Waals surface area contributed by atoms with Gasteiger partial charge >= 0.3 is 0 Å². The van der Waals surface area contributed by atoms with Gasteiger partial charge in [-0.2, -0.15) is 0 Å². The molecule has 0 aromatic heterocycles. The van der Waals surface area contributed by atoms with Gasteiger partial charge in [0.2, 0.25) is 0 Å². The monoisotopic (exact) mass is 316 g/mol. The van der Waals surface area contributed by atoms with Gasteiger partial charge in [0.05, 0.1) is 11.4 Å². The van der Waals surface area contributed by atoms with E-state index in [1.54, 1.807) is 0 Å². The molecule has 0 radical (unpaired) electrons. The molecule has 3 rings (SSSR count). The fraction of sp³-hybridized carbons (Fsp3) is 0.263. The summed E-state index contributed by atoms with van der Waals surface area (Å²) in [6, 6.07) is 16.0. The molecule has 4 heteroatoms. The first-order chi connectivity index (χ1) is 10.8. The van der Waals surface area contributed by atoms with Crippen molar-refractivity contribution in [1.82, 2.24) is 6.15 Å². The van der Waals surface area contributed by atoms with Crippen LogP contribution in [-0.4, -0.2) is 0 Å². The second-order valence-corrected chi connectivity index (χ2v) is 4.38. The first kappa shape index (κ1) is 20.5. The highest BCUT2D eigenvalue weighted by molar-refractivity contribution is 5.92. The van der Waals surface area contributed by atoms with Crippen molar-refractivity contribution >= 4 is 17.1 Å². The molecule has 1 aliphatic rings. The lowest BCUT2D eigenvalue weighted by atomic mass is 9.98. The third-order valence-corrected chi connectivity index (χ3v) is 3.28. The lowest BCUT2D eigenvalue weighted by molar-refractivity contribution is 1.12. The molecule has 23 heavy (non-hydrogen) atoms. The SMILES string of the molecule is CC.CC.N.N/C1=C(\N)c2ccccc2NCc2ccccc21.[HH]. The zero-order valence-electron chi connectivity index (χ0n) is 14.7. The van der Waals surface area contributed by atoms with Crippen LogP contribution < -0.4 is 22.9 Å². The third-order valence-electron chi connectivity index (χ3n) is 3.28. The van der Waals surface area contributed by atoms with E-state index in [-0.39, 0.29) is 7.58 Å². The van der Waals surface area contributed by atoms with Crippen molar-refractivity contribution in [3.63, 3.8) is 0 Å². The molecule has 0 aliphatic carbocycles. The molecule has 0 fully saturated rings. The first-order valence-corrected chi connectivity index (χ1v) is 7.94. The molecule has 0 atom stereocenters. The van der Waals surface area contributed by atoms with Gasteiger partial charge in [-0.1, -0.05) is 70.2 Å². The number of fused-ring (bicyclic) bond motifs is 2. The number of nitrogens with one attached hydrogen (secondary N) is 1. The van der Waals surface area contributed by atoms with E-state index in [0.717, 1.165) is 28.9 Å². The van der Waals surface area contributed by atoms with Gasteiger partial charge in [-0.05, 0) is 11.6 Å². The van der Waals surface area contributed by atoms with E-state index >= 15 is 0 Å². The summed E-state index contributed by atoms with van der Waals surface area (Å²) in [7, 11) is 0. The maximum absolute atomic E-state index is 6.20. The van der Waals surface area contributed by atoms with Crippen molar-refractivity contribution in [2.75, 3.05) is 5.32 Å². The minimum absolute atomic E-state index is 0. The molecule has 4 nitrogen and oxygen atoms in total. The van der Waals surface area contributed by atoms with Crippen LogP contribution in [0.25, 0.3) is 11.4 Å². The van der Waals surface area contributed by atoms with Crippen LogP contribution in [0.1, 0.15) is 45.8 Å². The van der Waals surface area contributed by atoms with Gasteiger partial charge in [-0.15, -0.1) is 0 Å². The van der Waals surface area contributed by atoms with Gasteiger partial charge in [-0.25, -0.2) is 0 Å². The summed E-state index contributed by atoms with van der Waals surface area (Å²) in [6.07, 6.45) is 0. The second-order valence-electron chi connectivity index (χ2n) is 4.38. The van der Waals surface area contributed by atoms with Gasteiger partial charge in [0.1, 0.15) is 0 Å². The molecule has 1 aliphatic heterocycles. The van der Waals surface area contributed by atoms with E-state index in [0.29, 0.717) is 11.4 Å². The molecule has 0 saturated carbocycles. The highest BCUT2D eigenvalue weighted by Crippen LogP contribution is 2.29. The summed E-state index contributed by atoms with van der Waals surface area (Å²) in [5.41, 5.74) is 17.8. The molecular weight excluding hydrogens is 284 g/mol. The first-order valence-electron chi connectivity index (χ1n) is 7.94. The second kappa shape index (κ2) is 10.3. The summed E-state index contributed by atoms with van der Waals surface area (Å²) in [4.78, 5) is 0. The Kier molecular flexibility index (Phi) is 9.20. The summed E-state index contributed by atoms with van der Waals surface area (Å²) in [5, 5.41) is 3.40. The van der Waals surface area contributed by atoms with E-state index in [2.05, 4.69) is 11.4 Å². The molecule has 2 aromatic carbocycles. The standard InChI is InChI=1S/C15H15N3.2C2H6.H3N.H2/c16-14-11-6-2-1-5-10(11)9-18-13-8-4-3-7-12(13)15(14)17;2*1-2;;/h1-8,18H,9,16-17H2;2*1-2H3;1H3;1H/b15-14-;;;;. The van der Waals surface area contributed by atoms with E-state index in [4.69, 9.17) is 11.5 Å². The molecule has 0 spiro atoms. The minimum atomic E-state index is 0. The fourth-order valence-corrected chi connectivity index (χ4v) is 2.29. The molecule has 1 heterocycles. The van der Waals surface area contributed by atoms with Crippen LogP contribution in [0.3, 0.4) is 0 Å².